The van der Waals surface area contributed by atoms with Crippen LogP contribution in [0.25, 0.3) is 0 Å². The summed E-state index contributed by atoms with van der Waals surface area (Å²) in [4.78, 5) is 19.7. The summed E-state index contributed by atoms with van der Waals surface area (Å²) < 4.78 is 1.39. The predicted octanol–water partition coefficient (Wildman–Crippen LogP) is 4.70. The third-order valence-corrected chi connectivity index (χ3v) is 12.4. The van der Waals surface area contributed by atoms with Gasteiger partial charge in [-0.2, -0.15) is 0 Å². The van der Waals surface area contributed by atoms with Crippen LogP contribution in [0.2, 0.25) is 0 Å². The average molecular weight is 606 g/mol. The minimum absolute atomic E-state index is 0.0510. The molecule has 1 aliphatic carbocycles. The minimum Gasteiger partial charge on any atom is -0.390 e. The Labute approximate surface area is 161 Å². The number of alkyl halides is 6. The second-order valence-corrected chi connectivity index (χ2v) is 10.9. The zero-order valence-corrected chi connectivity index (χ0v) is 17.6. The molecule has 2 aliphatic rings. The fourth-order valence-electron chi connectivity index (χ4n) is 1.73. The Kier molecular flexibility index (Phi) is 4.31. The van der Waals surface area contributed by atoms with Gasteiger partial charge in [-0.15, -0.1) is 23.2 Å². The van der Waals surface area contributed by atoms with Crippen LogP contribution in [0.3, 0.4) is 0 Å². The van der Waals surface area contributed by atoms with Crippen LogP contribution in [-0.4, -0.2) is 29.3 Å². The van der Waals surface area contributed by atoms with Crippen LogP contribution < -0.4 is 0 Å². The van der Waals surface area contributed by atoms with E-state index in [1.54, 1.807) is 0 Å². The van der Waals surface area contributed by atoms with Gasteiger partial charge in [-0.25, -0.2) is 9.59 Å². The minimum atomic E-state index is -2.17. The van der Waals surface area contributed by atoms with Crippen molar-refractivity contribution in [2.24, 2.45) is 0 Å². The van der Waals surface area contributed by atoms with Gasteiger partial charge >= 0.3 is 11.9 Å². The average Bonchev–Trinajstić information content (AvgIpc) is 2.49. The maximum Gasteiger partial charge on any atom is 0.342 e. The van der Waals surface area contributed by atoms with Crippen molar-refractivity contribution in [3.63, 3.8) is 0 Å². The Morgan fingerprint density at radius 2 is 1.37 bits per heavy atom. The first-order valence-electron chi connectivity index (χ1n) is 4.33. The number of hydrogen-bond acceptors (Lipinski definition) is 3. The van der Waals surface area contributed by atoms with Gasteiger partial charge in [-0.3, -0.25) is 0 Å². The number of halogens is 8. The van der Waals surface area contributed by atoms with Crippen molar-refractivity contribution in [2.45, 2.75) is 17.3 Å². The van der Waals surface area contributed by atoms with Crippen molar-refractivity contribution in [3.05, 3.63) is 8.96 Å². The summed E-state index contributed by atoms with van der Waals surface area (Å²) in [5.74, 6) is -2.13. The number of allylic oxidation sites excluding steroid dienone is 1. The molecule has 1 aliphatic heterocycles. The van der Waals surface area contributed by atoms with E-state index < -0.39 is 29.3 Å². The van der Waals surface area contributed by atoms with Gasteiger partial charge < -0.3 is 4.74 Å². The fraction of sp³-hybridized carbons (Fsp3) is 0.500. The lowest BCUT2D eigenvalue weighted by Gasteiger charge is -2.49. The van der Waals surface area contributed by atoms with E-state index in [9.17, 15) is 9.59 Å². The van der Waals surface area contributed by atoms with E-state index in [1.165, 1.54) is 0 Å². The van der Waals surface area contributed by atoms with Crippen molar-refractivity contribution < 1.29 is 14.3 Å². The lowest BCUT2D eigenvalue weighted by Crippen LogP contribution is -2.68. The zero-order chi connectivity index (χ0) is 15.0. The quantitative estimate of drug-likeness (QED) is 0.229. The first-order chi connectivity index (χ1) is 8.36. The first-order valence-corrected chi connectivity index (χ1v) is 9.01. The molecule has 4 atom stereocenters. The summed E-state index contributed by atoms with van der Waals surface area (Å²) in [7, 11) is 0. The van der Waals surface area contributed by atoms with Crippen LogP contribution in [0.1, 0.15) is 0 Å². The van der Waals surface area contributed by atoms with E-state index in [-0.39, 0.29) is 8.96 Å². The number of esters is 2. The monoisotopic (exact) mass is 600 g/mol. The highest BCUT2D eigenvalue weighted by atomic mass is 79.9. The van der Waals surface area contributed by atoms with E-state index in [2.05, 4.69) is 68.5 Å². The molecule has 0 amide bonds. The van der Waals surface area contributed by atoms with Gasteiger partial charge in [0.2, 0.25) is 9.75 Å². The summed E-state index contributed by atoms with van der Waals surface area (Å²) in [6.07, 6.45) is 0. The number of ether oxygens (including phenoxy) is 1. The Hall–Kier alpha value is 1.96. The van der Waals surface area contributed by atoms with Gasteiger partial charge in [0.1, 0.15) is 0 Å². The van der Waals surface area contributed by atoms with E-state index in [0.29, 0.717) is 0 Å². The summed E-state index contributed by atoms with van der Waals surface area (Å²) in [6, 6.07) is 0. The highest BCUT2D eigenvalue weighted by Gasteiger charge is 2.83. The smallest absolute Gasteiger partial charge is 0.342 e. The number of fused-ring (bicyclic) bond motifs is 1. The molecule has 0 saturated carbocycles. The molecule has 0 bridgehead atoms. The molecule has 1 saturated heterocycles. The molecule has 0 aromatic carbocycles. The molecular weight excluding hydrogens is 606 g/mol. The van der Waals surface area contributed by atoms with Gasteiger partial charge in [0.05, 0.1) is 0 Å². The van der Waals surface area contributed by atoms with Crippen LogP contribution in [-0.2, 0) is 14.3 Å². The van der Waals surface area contributed by atoms with Gasteiger partial charge in [0.25, 0.3) is 0 Å². The molecule has 0 aromatic heterocycles. The lowest BCUT2D eigenvalue weighted by molar-refractivity contribution is -0.153. The van der Waals surface area contributed by atoms with E-state index in [4.69, 9.17) is 46.4 Å². The molecule has 0 aromatic rings. The van der Waals surface area contributed by atoms with Crippen LogP contribution in [0.5, 0.6) is 0 Å². The van der Waals surface area contributed by atoms with Crippen molar-refractivity contribution in [2.75, 3.05) is 0 Å². The third kappa shape index (κ3) is 1.73. The highest BCUT2D eigenvalue weighted by molar-refractivity contribution is 9.16. The number of cyclic esters (lactones) is 2. The van der Waals surface area contributed by atoms with Gasteiger partial charge in [-0.05, 0) is 0 Å². The zero-order valence-electron chi connectivity index (χ0n) is 8.25. The Balaban J connectivity index is 2.93. The van der Waals surface area contributed by atoms with Crippen LogP contribution in [0, 0.1) is 0 Å². The fourth-order valence-corrected chi connectivity index (χ4v) is 6.81. The highest BCUT2D eigenvalue weighted by Crippen LogP contribution is 2.71. The topological polar surface area (TPSA) is 43.4 Å². The van der Waals surface area contributed by atoms with Crippen molar-refractivity contribution in [3.8, 4) is 0 Å². The largest absolute Gasteiger partial charge is 0.390 e. The molecular formula is C8Br4Cl4O3. The third-order valence-electron chi connectivity index (χ3n) is 2.82. The standard InChI is InChI=1S/C8Br4Cl4O3/c9-1-2(10)7(11,15)8(12,16)6(14)4(18)19-3(17)5(1,6)13. The summed E-state index contributed by atoms with van der Waals surface area (Å²) in [5, 5.41) is 0. The van der Waals surface area contributed by atoms with Gasteiger partial charge in [-0.1, -0.05) is 86.9 Å². The van der Waals surface area contributed by atoms with Crippen molar-refractivity contribution in [1.82, 2.24) is 0 Å². The first kappa shape index (κ1) is 17.3. The maximum atomic E-state index is 12.0. The lowest BCUT2D eigenvalue weighted by atomic mass is 9.83. The second kappa shape index (κ2) is 4.73. The molecule has 1 fully saturated rings. The molecule has 0 spiro atoms. The molecule has 2 rings (SSSR count). The van der Waals surface area contributed by atoms with E-state index in [1.807, 2.05) is 0 Å². The second-order valence-electron chi connectivity index (χ2n) is 3.77. The Bertz CT molecular complexity index is 548. The number of carbonyl (C=O) groups is 2. The van der Waals surface area contributed by atoms with Crippen LogP contribution in [0.15, 0.2) is 8.96 Å². The molecule has 11 heteroatoms. The SMILES string of the molecule is O=C1OC(=O)C2(Cl)C1(Cl)C(Br)=C(Br)C(Cl)(Br)C2(Cl)Br. The summed E-state index contributed by atoms with van der Waals surface area (Å²) >= 11 is 37.7. The molecule has 4 unspecified atom stereocenters. The number of hydrogen-bond donors (Lipinski definition) is 0. The Morgan fingerprint density at radius 3 is 1.84 bits per heavy atom. The molecule has 1 heterocycles. The van der Waals surface area contributed by atoms with Gasteiger partial charge in [0.15, 0.2) is 7.57 Å². The number of rotatable bonds is 0. The molecule has 3 nitrogen and oxygen atoms in total. The molecule has 0 N–H and O–H groups in total. The van der Waals surface area contributed by atoms with Crippen LogP contribution >= 0.6 is 110 Å². The number of carbonyl (C=O) groups excluding carboxylic acids is 2. The van der Waals surface area contributed by atoms with E-state index in [0.717, 1.165) is 0 Å². The maximum absolute atomic E-state index is 12.0. The van der Waals surface area contributed by atoms with Gasteiger partial charge in [0, 0.05) is 8.96 Å². The molecule has 0 radical (unpaired) electrons. The predicted molar refractivity (Wildman–Crippen MR) is 88.2 cm³/mol. The summed E-state index contributed by atoms with van der Waals surface area (Å²) in [5.41, 5.74) is 0. The van der Waals surface area contributed by atoms with Crippen LogP contribution in [0.4, 0.5) is 0 Å². The van der Waals surface area contributed by atoms with E-state index >= 15 is 0 Å². The van der Waals surface area contributed by atoms with Crippen molar-refractivity contribution in [1.29, 1.82) is 0 Å². The summed E-state index contributed by atoms with van der Waals surface area (Å²) in [6.45, 7) is 0. The normalized spacial score (nSPS) is 50.3. The molecule has 106 valence electrons. The molecule has 19 heavy (non-hydrogen) atoms. The van der Waals surface area contributed by atoms with Crippen molar-refractivity contribution >= 4 is 122 Å². The Morgan fingerprint density at radius 1 is 0.895 bits per heavy atom.